The number of aliphatic hydroxyl groups excluding tert-OH is 1. The lowest BCUT2D eigenvalue weighted by Gasteiger charge is -2.14. The highest BCUT2D eigenvalue weighted by Gasteiger charge is 2.22. The summed E-state index contributed by atoms with van der Waals surface area (Å²) >= 11 is 0. The van der Waals surface area contributed by atoms with Crippen molar-refractivity contribution in [3.05, 3.63) is 35.6 Å². The average molecular weight is 290 g/mol. The molecule has 114 valence electrons. The standard InChI is InChI=1S/C16H22N2O3/c1-4-11(10-19)17-16(20)15-13(9-18(2)3)12-7-5-6-8-14(12)21-15/h5-8,11,19H,4,9-10H2,1-3H3,(H,17,20). The van der Waals surface area contributed by atoms with Crippen LogP contribution in [0.25, 0.3) is 11.0 Å². The first-order valence-electron chi connectivity index (χ1n) is 7.13. The summed E-state index contributed by atoms with van der Waals surface area (Å²) in [7, 11) is 3.90. The van der Waals surface area contributed by atoms with Crippen molar-refractivity contribution in [1.82, 2.24) is 10.2 Å². The number of nitrogens with one attached hydrogen (secondary N) is 1. The van der Waals surface area contributed by atoms with Crippen molar-refractivity contribution in [3.8, 4) is 0 Å². The van der Waals surface area contributed by atoms with Gasteiger partial charge in [0.15, 0.2) is 5.76 Å². The summed E-state index contributed by atoms with van der Waals surface area (Å²) < 4.78 is 5.73. The Morgan fingerprint density at radius 3 is 2.71 bits per heavy atom. The monoisotopic (exact) mass is 290 g/mol. The number of hydrogen-bond acceptors (Lipinski definition) is 4. The molecule has 1 atom stereocenters. The predicted molar refractivity (Wildman–Crippen MR) is 82.2 cm³/mol. The number of furan rings is 1. The van der Waals surface area contributed by atoms with E-state index in [-0.39, 0.29) is 18.6 Å². The van der Waals surface area contributed by atoms with Crippen LogP contribution in [0, 0.1) is 0 Å². The maximum Gasteiger partial charge on any atom is 0.287 e. The molecule has 1 unspecified atom stereocenters. The Labute approximate surface area is 124 Å². The SMILES string of the molecule is CCC(CO)NC(=O)c1oc2ccccc2c1CN(C)C. The zero-order chi connectivity index (χ0) is 15.4. The number of benzene rings is 1. The zero-order valence-corrected chi connectivity index (χ0v) is 12.7. The van der Waals surface area contributed by atoms with Crippen LogP contribution in [0.1, 0.15) is 29.5 Å². The minimum Gasteiger partial charge on any atom is -0.451 e. The third-order valence-corrected chi connectivity index (χ3v) is 3.43. The number of fused-ring (bicyclic) bond motifs is 1. The van der Waals surface area contributed by atoms with Crippen molar-refractivity contribution in [2.24, 2.45) is 0 Å². The van der Waals surface area contributed by atoms with E-state index in [0.29, 0.717) is 24.3 Å². The van der Waals surface area contributed by atoms with E-state index in [4.69, 9.17) is 4.42 Å². The van der Waals surface area contributed by atoms with Crippen molar-refractivity contribution < 1.29 is 14.3 Å². The van der Waals surface area contributed by atoms with Gasteiger partial charge in [0.25, 0.3) is 5.91 Å². The third kappa shape index (κ3) is 3.43. The summed E-state index contributed by atoms with van der Waals surface area (Å²) in [5.41, 5.74) is 1.58. The number of para-hydroxylation sites is 1. The molecule has 0 aliphatic carbocycles. The lowest BCUT2D eigenvalue weighted by molar-refractivity contribution is 0.0887. The van der Waals surface area contributed by atoms with Crippen LogP contribution in [-0.2, 0) is 6.54 Å². The predicted octanol–water partition coefficient (Wildman–Crippen LogP) is 2.00. The molecular weight excluding hydrogens is 268 g/mol. The molecular formula is C16H22N2O3. The van der Waals surface area contributed by atoms with Gasteiger partial charge >= 0.3 is 0 Å². The van der Waals surface area contributed by atoms with Gasteiger partial charge in [-0.2, -0.15) is 0 Å². The van der Waals surface area contributed by atoms with E-state index in [1.54, 1.807) is 0 Å². The summed E-state index contributed by atoms with van der Waals surface area (Å²) in [6, 6.07) is 7.38. The molecule has 1 aromatic carbocycles. The number of aliphatic hydroxyl groups is 1. The van der Waals surface area contributed by atoms with Crippen molar-refractivity contribution >= 4 is 16.9 Å². The molecule has 1 heterocycles. The van der Waals surface area contributed by atoms with Crippen LogP contribution in [0.15, 0.2) is 28.7 Å². The summed E-state index contributed by atoms with van der Waals surface area (Å²) in [6.07, 6.45) is 0.672. The molecule has 2 aromatic rings. The Balaban J connectivity index is 2.39. The number of amides is 1. The lowest BCUT2D eigenvalue weighted by Crippen LogP contribution is -2.37. The van der Waals surface area contributed by atoms with Crippen molar-refractivity contribution in [1.29, 1.82) is 0 Å². The van der Waals surface area contributed by atoms with Crippen LogP contribution in [0.3, 0.4) is 0 Å². The zero-order valence-electron chi connectivity index (χ0n) is 12.7. The van der Waals surface area contributed by atoms with E-state index in [9.17, 15) is 9.90 Å². The number of hydrogen-bond donors (Lipinski definition) is 2. The normalized spacial score (nSPS) is 12.8. The van der Waals surface area contributed by atoms with E-state index in [0.717, 1.165) is 10.9 Å². The van der Waals surface area contributed by atoms with E-state index < -0.39 is 0 Å². The fourth-order valence-electron chi connectivity index (χ4n) is 2.28. The molecule has 5 heteroatoms. The minimum atomic E-state index is -0.274. The molecule has 0 bridgehead atoms. The number of rotatable bonds is 6. The molecule has 2 N–H and O–H groups in total. The molecule has 0 aliphatic heterocycles. The van der Waals surface area contributed by atoms with Crippen molar-refractivity contribution in [2.75, 3.05) is 20.7 Å². The fourth-order valence-corrected chi connectivity index (χ4v) is 2.28. The van der Waals surface area contributed by atoms with Crippen LogP contribution < -0.4 is 5.32 Å². The van der Waals surface area contributed by atoms with Gasteiger partial charge in [-0.3, -0.25) is 4.79 Å². The van der Waals surface area contributed by atoms with Crippen LogP contribution in [0.2, 0.25) is 0 Å². The van der Waals surface area contributed by atoms with Gasteiger partial charge in [0.1, 0.15) is 5.58 Å². The molecule has 0 radical (unpaired) electrons. The second kappa shape index (κ2) is 6.74. The number of carbonyl (C=O) groups excluding carboxylic acids is 1. The van der Waals surface area contributed by atoms with E-state index in [1.807, 2.05) is 50.2 Å². The minimum absolute atomic E-state index is 0.0779. The summed E-state index contributed by atoms with van der Waals surface area (Å²) in [6.45, 7) is 2.46. The van der Waals surface area contributed by atoms with Gasteiger partial charge in [0.05, 0.1) is 12.6 Å². The molecule has 1 aromatic heterocycles. The highest BCUT2D eigenvalue weighted by atomic mass is 16.3. The van der Waals surface area contributed by atoms with Crippen molar-refractivity contribution in [3.63, 3.8) is 0 Å². The summed E-state index contributed by atoms with van der Waals surface area (Å²) in [5.74, 6) is 0.0562. The van der Waals surface area contributed by atoms with Crippen LogP contribution in [-0.4, -0.2) is 42.7 Å². The molecule has 2 rings (SSSR count). The Hall–Kier alpha value is -1.85. The Kier molecular flexibility index (Phi) is 4.98. The van der Waals surface area contributed by atoms with E-state index in [1.165, 1.54) is 0 Å². The maximum atomic E-state index is 12.4. The fraction of sp³-hybridized carbons (Fsp3) is 0.438. The average Bonchev–Trinajstić information content (AvgIpc) is 2.83. The molecule has 0 aliphatic rings. The Bertz CT molecular complexity index is 615. The summed E-state index contributed by atoms with van der Waals surface area (Å²) in [5, 5.41) is 13.0. The van der Waals surface area contributed by atoms with Gasteiger partial charge in [-0.25, -0.2) is 0 Å². The van der Waals surface area contributed by atoms with Crippen molar-refractivity contribution in [2.45, 2.75) is 25.9 Å². The first-order chi connectivity index (χ1) is 10.1. The third-order valence-electron chi connectivity index (χ3n) is 3.43. The van der Waals surface area contributed by atoms with E-state index >= 15 is 0 Å². The largest absolute Gasteiger partial charge is 0.451 e. The van der Waals surface area contributed by atoms with Gasteiger partial charge in [-0.1, -0.05) is 25.1 Å². The van der Waals surface area contributed by atoms with Gasteiger partial charge in [0.2, 0.25) is 0 Å². The summed E-state index contributed by atoms with van der Waals surface area (Å²) in [4.78, 5) is 14.4. The van der Waals surface area contributed by atoms with E-state index in [2.05, 4.69) is 5.32 Å². The molecule has 0 saturated carbocycles. The number of carbonyl (C=O) groups is 1. The molecule has 1 amide bonds. The van der Waals surface area contributed by atoms with Crippen LogP contribution >= 0.6 is 0 Å². The van der Waals surface area contributed by atoms with Gasteiger partial charge < -0.3 is 19.7 Å². The topological polar surface area (TPSA) is 65.7 Å². The first-order valence-corrected chi connectivity index (χ1v) is 7.13. The van der Waals surface area contributed by atoms with Crippen LogP contribution in [0.5, 0.6) is 0 Å². The highest BCUT2D eigenvalue weighted by Crippen LogP contribution is 2.26. The van der Waals surface area contributed by atoms with Gasteiger partial charge in [-0.15, -0.1) is 0 Å². The van der Waals surface area contributed by atoms with Gasteiger partial charge in [-0.05, 0) is 26.6 Å². The highest BCUT2D eigenvalue weighted by molar-refractivity contribution is 5.99. The smallest absolute Gasteiger partial charge is 0.287 e. The molecule has 0 saturated heterocycles. The number of nitrogens with zero attached hydrogens (tertiary/aromatic N) is 1. The molecule has 0 fully saturated rings. The van der Waals surface area contributed by atoms with Crippen LogP contribution in [0.4, 0.5) is 0 Å². The lowest BCUT2D eigenvalue weighted by atomic mass is 10.1. The molecule has 21 heavy (non-hydrogen) atoms. The second-order valence-electron chi connectivity index (χ2n) is 5.40. The Morgan fingerprint density at radius 1 is 1.38 bits per heavy atom. The molecule has 5 nitrogen and oxygen atoms in total. The maximum absolute atomic E-state index is 12.4. The van der Waals surface area contributed by atoms with Gasteiger partial charge in [0, 0.05) is 17.5 Å². The first kappa shape index (κ1) is 15.5. The second-order valence-corrected chi connectivity index (χ2v) is 5.40. The molecule has 0 spiro atoms. The quantitative estimate of drug-likeness (QED) is 0.854. The Morgan fingerprint density at radius 2 is 2.10 bits per heavy atom.